The Kier molecular flexibility index (Phi) is 11.7. The number of amides is 1. The Morgan fingerprint density at radius 3 is 2.47 bits per heavy atom. The Hall–Kier alpha value is -4.93. The van der Waals surface area contributed by atoms with Crippen molar-refractivity contribution in [1.82, 2.24) is 24.8 Å². The number of methoxy groups -OCH3 is 1. The van der Waals surface area contributed by atoms with Gasteiger partial charge in [-0.25, -0.2) is 18.4 Å². The molecule has 0 radical (unpaired) electrons. The standard InChI is InChI=1S/C44H54F2N6O8/c1-7-30-33(45)12-9-26-17-29(59-25-55-6)18-31(35(26)30)37-36(46)38-32(19-47-37)39(51-20-27-10-11-28(21-51)52(27)42(54)60-43(3,4)5)49-41(48-38)58-24-44(13-14-44)23-50-15-16-57-34(22-50)40(53)56-8-2/h9,12,17-19,27-28,34H,7-8,10-11,13-16,20-25H2,1-6H3/t27?,28?,34-/m0/s1. The third-order valence-electron chi connectivity index (χ3n) is 11.8. The molecular formula is C44H54F2N6O8. The Balaban J connectivity index is 1.16. The monoisotopic (exact) mass is 832 g/mol. The zero-order chi connectivity index (χ0) is 42.3. The number of halogens is 2. The topological polar surface area (TPSA) is 138 Å². The largest absolute Gasteiger partial charge is 0.468 e. The number of morpholine rings is 1. The van der Waals surface area contributed by atoms with Crippen LogP contribution in [0.4, 0.5) is 19.4 Å². The maximum absolute atomic E-state index is 17.5. The average Bonchev–Trinajstić information content (AvgIpc) is 3.93. The van der Waals surface area contributed by atoms with Gasteiger partial charge in [0, 0.05) is 57.0 Å². The lowest BCUT2D eigenvalue weighted by molar-refractivity contribution is -0.162. The van der Waals surface area contributed by atoms with Crippen LogP contribution in [0, 0.1) is 17.0 Å². The van der Waals surface area contributed by atoms with Crippen molar-refractivity contribution in [2.24, 2.45) is 5.41 Å². The van der Waals surface area contributed by atoms with E-state index in [4.69, 9.17) is 43.4 Å². The fourth-order valence-corrected chi connectivity index (χ4v) is 8.88. The average molecular weight is 833 g/mol. The van der Waals surface area contributed by atoms with Crippen LogP contribution < -0.4 is 14.4 Å². The van der Waals surface area contributed by atoms with Crippen LogP contribution in [0.25, 0.3) is 32.9 Å². The first kappa shape index (κ1) is 41.8. The summed E-state index contributed by atoms with van der Waals surface area (Å²) in [4.78, 5) is 46.3. The van der Waals surface area contributed by atoms with Gasteiger partial charge in [-0.3, -0.25) is 14.8 Å². The molecule has 4 aliphatic rings. The van der Waals surface area contributed by atoms with Crippen LogP contribution in [0.5, 0.6) is 11.8 Å². The number of anilines is 1. The molecule has 2 unspecified atom stereocenters. The van der Waals surface area contributed by atoms with E-state index >= 15 is 8.78 Å². The lowest BCUT2D eigenvalue weighted by Crippen LogP contribution is -2.57. The molecule has 3 atom stereocenters. The quantitative estimate of drug-likeness (QED) is 0.105. The smallest absolute Gasteiger partial charge is 0.410 e. The molecule has 322 valence electrons. The minimum absolute atomic E-state index is 0.00281. The fraction of sp³-hybridized carbons (Fsp3) is 0.568. The zero-order valence-corrected chi connectivity index (χ0v) is 35.2. The molecule has 3 saturated heterocycles. The number of ether oxygens (including phenoxy) is 6. The molecule has 1 aliphatic carbocycles. The second-order valence-corrected chi connectivity index (χ2v) is 17.3. The lowest BCUT2D eigenvalue weighted by Gasteiger charge is -2.42. The van der Waals surface area contributed by atoms with Gasteiger partial charge in [-0.2, -0.15) is 9.97 Å². The molecule has 2 aromatic carbocycles. The molecular weight excluding hydrogens is 779 g/mol. The van der Waals surface area contributed by atoms with E-state index in [0.717, 1.165) is 25.7 Å². The van der Waals surface area contributed by atoms with Crippen LogP contribution in [0.1, 0.15) is 65.9 Å². The number of carbonyl (C=O) groups is 2. The van der Waals surface area contributed by atoms with Gasteiger partial charge in [-0.1, -0.05) is 13.0 Å². The number of aryl methyl sites for hydroxylation is 1. The van der Waals surface area contributed by atoms with E-state index in [9.17, 15) is 9.59 Å². The van der Waals surface area contributed by atoms with Crippen LogP contribution in [0.15, 0.2) is 30.5 Å². The Morgan fingerprint density at radius 2 is 1.78 bits per heavy atom. The SMILES string of the molecule is CCOC(=O)[C@@H]1CN(CC2(COc3nc(N4CC5CCC(C4)N5C(=O)OC(C)(C)C)c4cnc(-c5cc(OCOC)cc6ccc(F)c(CC)c56)c(F)c4n3)CC2)CCO1. The number of hydrogen-bond acceptors (Lipinski definition) is 13. The molecule has 4 fully saturated rings. The molecule has 1 amide bonds. The third kappa shape index (κ3) is 8.50. The van der Waals surface area contributed by atoms with E-state index < -0.39 is 23.3 Å². The summed E-state index contributed by atoms with van der Waals surface area (Å²) in [5, 5.41) is 1.57. The first-order chi connectivity index (χ1) is 28.8. The highest BCUT2D eigenvalue weighted by Crippen LogP contribution is 2.47. The van der Waals surface area contributed by atoms with Crippen LogP contribution in [0.2, 0.25) is 0 Å². The minimum Gasteiger partial charge on any atom is -0.468 e. The number of hydrogen-bond donors (Lipinski definition) is 0. The zero-order valence-electron chi connectivity index (χ0n) is 35.2. The summed E-state index contributed by atoms with van der Waals surface area (Å²) >= 11 is 0. The highest BCUT2D eigenvalue weighted by molar-refractivity contribution is 6.02. The third-order valence-corrected chi connectivity index (χ3v) is 11.8. The number of aromatic nitrogens is 3. The van der Waals surface area contributed by atoms with Gasteiger partial charge in [-0.05, 0) is 94.3 Å². The first-order valence-corrected chi connectivity index (χ1v) is 20.9. The van der Waals surface area contributed by atoms with E-state index in [-0.39, 0.29) is 66.8 Å². The van der Waals surface area contributed by atoms with Crippen molar-refractivity contribution < 1.29 is 46.8 Å². The summed E-state index contributed by atoms with van der Waals surface area (Å²) in [5.74, 6) is -0.627. The number of carbonyl (C=O) groups excluding carboxylic acids is 2. The summed E-state index contributed by atoms with van der Waals surface area (Å²) in [7, 11) is 1.51. The summed E-state index contributed by atoms with van der Waals surface area (Å²) in [5.41, 5.74) is -0.0958. The summed E-state index contributed by atoms with van der Waals surface area (Å²) in [6.45, 7) is 12.8. The number of pyridine rings is 1. The van der Waals surface area contributed by atoms with Gasteiger partial charge in [0.05, 0.1) is 37.3 Å². The number of fused-ring (bicyclic) bond motifs is 4. The normalized spacial score (nSPS) is 21.4. The molecule has 16 heteroatoms. The molecule has 14 nitrogen and oxygen atoms in total. The van der Waals surface area contributed by atoms with E-state index in [1.807, 2.05) is 32.6 Å². The van der Waals surface area contributed by atoms with Crippen LogP contribution in [-0.4, -0.2) is 127 Å². The Labute approximate surface area is 348 Å². The van der Waals surface area contributed by atoms with Gasteiger partial charge >= 0.3 is 18.1 Å². The molecule has 2 aromatic heterocycles. The predicted octanol–water partition coefficient (Wildman–Crippen LogP) is 6.68. The van der Waals surface area contributed by atoms with Crippen molar-refractivity contribution in [2.75, 3.05) is 71.3 Å². The van der Waals surface area contributed by atoms with Gasteiger partial charge in [0.15, 0.2) is 18.7 Å². The highest BCUT2D eigenvalue weighted by Gasteiger charge is 2.47. The maximum Gasteiger partial charge on any atom is 0.410 e. The van der Waals surface area contributed by atoms with Gasteiger partial charge in [-0.15, -0.1) is 0 Å². The molecule has 60 heavy (non-hydrogen) atoms. The minimum atomic E-state index is -0.715. The molecule has 4 aromatic rings. The van der Waals surface area contributed by atoms with Crippen LogP contribution >= 0.6 is 0 Å². The van der Waals surface area contributed by atoms with E-state index in [1.165, 1.54) is 13.2 Å². The second-order valence-electron chi connectivity index (χ2n) is 17.3. The second kappa shape index (κ2) is 16.8. The number of rotatable bonds is 13. The van der Waals surface area contributed by atoms with Crippen molar-refractivity contribution in [3.8, 4) is 23.0 Å². The number of piperazine rings is 1. The molecule has 0 N–H and O–H groups in total. The molecule has 2 bridgehead atoms. The van der Waals surface area contributed by atoms with Crippen molar-refractivity contribution in [2.45, 2.75) is 90.5 Å². The molecule has 5 heterocycles. The van der Waals surface area contributed by atoms with Crippen molar-refractivity contribution in [1.29, 1.82) is 0 Å². The highest BCUT2D eigenvalue weighted by atomic mass is 19.1. The summed E-state index contributed by atoms with van der Waals surface area (Å²) < 4.78 is 66.9. The van der Waals surface area contributed by atoms with Gasteiger partial charge in [0.1, 0.15) is 34.2 Å². The van der Waals surface area contributed by atoms with E-state index in [2.05, 4.69) is 9.80 Å². The lowest BCUT2D eigenvalue weighted by atomic mass is 9.94. The first-order valence-electron chi connectivity index (χ1n) is 20.9. The van der Waals surface area contributed by atoms with Gasteiger partial charge in [0.25, 0.3) is 0 Å². The summed E-state index contributed by atoms with van der Waals surface area (Å²) in [6.07, 6.45) is 4.31. The number of benzene rings is 2. The molecule has 0 spiro atoms. The number of nitrogens with zero attached hydrogens (tertiary/aromatic N) is 6. The maximum atomic E-state index is 17.5. The Bertz CT molecular complexity index is 2250. The predicted molar refractivity (Wildman–Crippen MR) is 219 cm³/mol. The van der Waals surface area contributed by atoms with Gasteiger partial charge < -0.3 is 33.3 Å². The van der Waals surface area contributed by atoms with Crippen LogP contribution in [0.3, 0.4) is 0 Å². The number of esters is 1. The van der Waals surface area contributed by atoms with Crippen LogP contribution in [-0.2, 0) is 30.2 Å². The van der Waals surface area contributed by atoms with E-state index in [1.54, 1.807) is 31.3 Å². The van der Waals surface area contributed by atoms with Gasteiger partial charge in [0.2, 0.25) is 0 Å². The summed E-state index contributed by atoms with van der Waals surface area (Å²) in [6, 6.07) is 6.19. The molecule has 8 rings (SSSR count). The molecule has 3 aliphatic heterocycles. The van der Waals surface area contributed by atoms with Crippen molar-refractivity contribution in [3.05, 3.63) is 47.7 Å². The van der Waals surface area contributed by atoms with Crippen molar-refractivity contribution in [3.63, 3.8) is 0 Å². The molecule has 1 saturated carbocycles. The fourth-order valence-electron chi connectivity index (χ4n) is 8.88. The van der Waals surface area contributed by atoms with Crippen molar-refractivity contribution >= 4 is 39.6 Å². The van der Waals surface area contributed by atoms with E-state index in [0.29, 0.717) is 84.6 Å². The Morgan fingerprint density at radius 1 is 1.02 bits per heavy atom.